The van der Waals surface area contributed by atoms with Crippen LogP contribution in [0.25, 0.3) is 0 Å². The zero-order chi connectivity index (χ0) is 16.9. The molecule has 2 aromatic rings. The fraction of sp³-hybridized carbons (Fsp3) is 0.353. The van der Waals surface area contributed by atoms with Gasteiger partial charge >= 0.3 is 0 Å². The molecule has 1 aliphatic carbocycles. The summed E-state index contributed by atoms with van der Waals surface area (Å²) >= 11 is 5.97. The topological polar surface area (TPSA) is 76.1 Å². The van der Waals surface area contributed by atoms with Gasteiger partial charge in [-0.3, -0.25) is 4.79 Å². The van der Waals surface area contributed by atoms with Crippen molar-refractivity contribution in [2.24, 2.45) is 0 Å². The molecule has 1 aliphatic rings. The number of carbonyl (C=O) groups is 1. The molecule has 7 heteroatoms. The molecule has 126 valence electrons. The lowest BCUT2D eigenvalue weighted by Gasteiger charge is -2.12. The molecule has 1 amide bonds. The van der Waals surface area contributed by atoms with Crippen molar-refractivity contribution in [2.75, 3.05) is 17.7 Å². The van der Waals surface area contributed by atoms with Crippen LogP contribution in [0.3, 0.4) is 0 Å². The van der Waals surface area contributed by atoms with E-state index >= 15 is 0 Å². The second-order valence-electron chi connectivity index (χ2n) is 5.72. The number of amides is 1. The quantitative estimate of drug-likeness (QED) is 0.862. The minimum Gasteiger partial charge on any atom is -0.495 e. The summed E-state index contributed by atoms with van der Waals surface area (Å²) < 4.78 is 5.22. The molecule has 1 fully saturated rings. The first-order valence-electron chi connectivity index (χ1n) is 7.89. The van der Waals surface area contributed by atoms with E-state index in [0.29, 0.717) is 34.0 Å². The van der Waals surface area contributed by atoms with Gasteiger partial charge in [0.25, 0.3) is 5.91 Å². The minimum atomic E-state index is -0.317. The highest BCUT2D eigenvalue weighted by Gasteiger charge is 2.16. The molecule has 0 unspecified atom stereocenters. The zero-order valence-corrected chi connectivity index (χ0v) is 14.1. The second kappa shape index (κ2) is 7.49. The van der Waals surface area contributed by atoms with Gasteiger partial charge in [0, 0.05) is 23.5 Å². The smallest absolute Gasteiger partial charge is 0.258 e. The van der Waals surface area contributed by atoms with Gasteiger partial charge in [-0.1, -0.05) is 24.4 Å². The number of carbonyl (C=O) groups excluding carboxylic acids is 1. The van der Waals surface area contributed by atoms with E-state index in [-0.39, 0.29) is 5.91 Å². The Hall–Kier alpha value is -2.34. The Balaban J connectivity index is 1.67. The standard InChI is InChI=1S/C17H19ClN4O2/c1-24-15-7-6-12(18)8-14(15)22-16(23)11-9-19-17(20-10-11)21-13-4-2-3-5-13/h6-10,13H,2-5H2,1H3,(H,22,23)(H,19,20,21). The summed E-state index contributed by atoms with van der Waals surface area (Å²) in [5.74, 6) is 0.773. The number of hydrogen-bond donors (Lipinski definition) is 2. The molecule has 0 radical (unpaired) electrons. The highest BCUT2D eigenvalue weighted by Crippen LogP contribution is 2.28. The number of nitrogens with zero attached hydrogens (tertiary/aromatic N) is 2. The van der Waals surface area contributed by atoms with Crippen LogP contribution in [0, 0.1) is 0 Å². The van der Waals surface area contributed by atoms with Crippen molar-refractivity contribution in [1.82, 2.24) is 9.97 Å². The lowest BCUT2D eigenvalue weighted by molar-refractivity contribution is 0.102. The Labute approximate surface area is 145 Å². The fourth-order valence-electron chi connectivity index (χ4n) is 2.74. The van der Waals surface area contributed by atoms with Crippen LogP contribution in [0.1, 0.15) is 36.0 Å². The van der Waals surface area contributed by atoms with Crippen molar-refractivity contribution in [3.05, 3.63) is 41.2 Å². The van der Waals surface area contributed by atoms with Gasteiger partial charge in [-0.05, 0) is 31.0 Å². The van der Waals surface area contributed by atoms with Crippen molar-refractivity contribution in [3.63, 3.8) is 0 Å². The SMILES string of the molecule is COc1ccc(Cl)cc1NC(=O)c1cnc(NC2CCCC2)nc1. The van der Waals surface area contributed by atoms with E-state index in [1.54, 1.807) is 18.2 Å². The van der Waals surface area contributed by atoms with Crippen LogP contribution in [-0.4, -0.2) is 29.0 Å². The molecule has 2 N–H and O–H groups in total. The van der Waals surface area contributed by atoms with Crippen LogP contribution in [-0.2, 0) is 0 Å². The van der Waals surface area contributed by atoms with E-state index < -0.39 is 0 Å². The number of anilines is 2. The lowest BCUT2D eigenvalue weighted by atomic mass is 10.2. The van der Waals surface area contributed by atoms with Crippen LogP contribution < -0.4 is 15.4 Å². The third kappa shape index (κ3) is 3.94. The van der Waals surface area contributed by atoms with Gasteiger partial charge in [0.2, 0.25) is 5.95 Å². The minimum absolute atomic E-state index is 0.317. The van der Waals surface area contributed by atoms with Crippen LogP contribution in [0.15, 0.2) is 30.6 Å². The van der Waals surface area contributed by atoms with E-state index in [4.69, 9.17) is 16.3 Å². The third-order valence-electron chi connectivity index (χ3n) is 4.01. The summed E-state index contributed by atoms with van der Waals surface area (Å²) in [6.07, 6.45) is 7.77. The number of halogens is 1. The van der Waals surface area contributed by atoms with Gasteiger partial charge < -0.3 is 15.4 Å². The summed E-state index contributed by atoms with van der Waals surface area (Å²) in [5, 5.41) is 6.57. The van der Waals surface area contributed by atoms with E-state index in [2.05, 4.69) is 20.6 Å². The first-order valence-corrected chi connectivity index (χ1v) is 8.27. The molecular weight excluding hydrogens is 328 g/mol. The van der Waals surface area contributed by atoms with Crippen LogP contribution in [0.2, 0.25) is 5.02 Å². The first kappa shape index (κ1) is 16.5. The average Bonchev–Trinajstić information content (AvgIpc) is 3.09. The van der Waals surface area contributed by atoms with Gasteiger partial charge in [-0.15, -0.1) is 0 Å². The Morgan fingerprint density at radius 1 is 1.25 bits per heavy atom. The molecule has 0 aliphatic heterocycles. The van der Waals surface area contributed by atoms with Crippen LogP contribution in [0.5, 0.6) is 5.75 Å². The van der Waals surface area contributed by atoms with Crippen molar-refractivity contribution in [3.8, 4) is 5.75 Å². The summed E-state index contributed by atoms with van der Waals surface area (Å²) in [4.78, 5) is 20.8. The molecule has 0 spiro atoms. The van der Waals surface area contributed by atoms with Crippen molar-refractivity contribution in [1.29, 1.82) is 0 Å². The zero-order valence-electron chi connectivity index (χ0n) is 13.4. The first-order chi connectivity index (χ1) is 11.7. The number of ether oxygens (including phenoxy) is 1. The third-order valence-corrected chi connectivity index (χ3v) is 4.25. The Bertz CT molecular complexity index is 715. The number of aromatic nitrogens is 2. The summed E-state index contributed by atoms with van der Waals surface area (Å²) in [5.41, 5.74) is 0.872. The van der Waals surface area contributed by atoms with Crippen molar-refractivity contribution < 1.29 is 9.53 Å². The molecule has 24 heavy (non-hydrogen) atoms. The molecule has 6 nitrogen and oxygen atoms in total. The number of benzene rings is 1. The predicted molar refractivity (Wildman–Crippen MR) is 93.9 cm³/mol. The number of rotatable bonds is 5. The second-order valence-corrected chi connectivity index (χ2v) is 6.16. The average molecular weight is 347 g/mol. The summed E-state index contributed by atoms with van der Waals surface area (Å²) in [7, 11) is 1.53. The van der Waals surface area contributed by atoms with E-state index in [9.17, 15) is 4.79 Å². The van der Waals surface area contributed by atoms with Crippen LogP contribution in [0.4, 0.5) is 11.6 Å². The number of methoxy groups -OCH3 is 1. The maximum absolute atomic E-state index is 12.3. The summed E-state index contributed by atoms with van der Waals surface area (Å²) in [6, 6.07) is 5.46. The molecule has 0 atom stereocenters. The fourth-order valence-corrected chi connectivity index (χ4v) is 2.92. The van der Waals surface area contributed by atoms with Gasteiger partial charge in [0.05, 0.1) is 18.4 Å². The molecule has 1 saturated carbocycles. The molecular formula is C17H19ClN4O2. The van der Waals surface area contributed by atoms with Crippen molar-refractivity contribution >= 4 is 29.1 Å². The van der Waals surface area contributed by atoms with Gasteiger partial charge in [-0.25, -0.2) is 9.97 Å². The van der Waals surface area contributed by atoms with E-state index in [0.717, 1.165) is 12.8 Å². The maximum Gasteiger partial charge on any atom is 0.258 e. The molecule has 0 bridgehead atoms. The number of hydrogen-bond acceptors (Lipinski definition) is 5. The Kier molecular flexibility index (Phi) is 5.15. The molecule has 1 heterocycles. The van der Waals surface area contributed by atoms with Crippen molar-refractivity contribution in [2.45, 2.75) is 31.7 Å². The monoisotopic (exact) mass is 346 g/mol. The normalized spacial score (nSPS) is 14.4. The van der Waals surface area contributed by atoms with Gasteiger partial charge in [-0.2, -0.15) is 0 Å². The molecule has 3 rings (SSSR count). The number of nitrogens with one attached hydrogen (secondary N) is 2. The van der Waals surface area contributed by atoms with E-state index in [1.807, 2.05) is 0 Å². The maximum atomic E-state index is 12.3. The lowest BCUT2D eigenvalue weighted by Crippen LogP contribution is -2.18. The van der Waals surface area contributed by atoms with E-state index in [1.165, 1.54) is 32.3 Å². The molecule has 1 aromatic carbocycles. The molecule has 1 aromatic heterocycles. The van der Waals surface area contributed by atoms with Gasteiger partial charge in [0.1, 0.15) is 5.75 Å². The Morgan fingerprint density at radius 2 is 1.96 bits per heavy atom. The largest absolute Gasteiger partial charge is 0.495 e. The van der Waals surface area contributed by atoms with Crippen LogP contribution >= 0.6 is 11.6 Å². The Morgan fingerprint density at radius 3 is 2.62 bits per heavy atom. The highest BCUT2D eigenvalue weighted by molar-refractivity contribution is 6.31. The van der Waals surface area contributed by atoms with Gasteiger partial charge in [0.15, 0.2) is 0 Å². The molecule has 0 saturated heterocycles. The predicted octanol–water partition coefficient (Wildman–Crippen LogP) is 3.75. The highest BCUT2D eigenvalue weighted by atomic mass is 35.5. The summed E-state index contributed by atoms with van der Waals surface area (Å²) in [6.45, 7) is 0.